The van der Waals surface area contributed by atoms with Crippen molar-refractivity contribution in [1.29, 1.82) is 0 Å². The second-order valence-corrected chi connectivity index (χ2v) is 6.03. The van der Waals surface area contributed by atoms with Gasteiger partial charge in [-0.3, -0.25) is 9.59 Å². The minimum absolute atomic E-state index is 0.0105. The number of nitrogens with zero attached hydrogens (tertiary/aromatic N) is 1. The molecule has 0 aromatic heterocycles. The predicted octanol–water partition coefficient (Wildman–Crippen LogP) is 1.44. The summed E-state index contributed by atoms with van der Waals surface area (Å²) in [5.41, 5.74) is 7.12. The molecular weight excluding hydrogens is 304 g/mol. The van der Waals surface area contributed by atoms with Crippen molar-refractivity contribution in [2.24, 2.45) is 11.7 Å². The number of nitrogens with two attached hydrogens (primary N) is 1. The number of carbonyl (C=O) groups excluding carboxylic acids is 2. The predicted molar refractivity (Wildman–Crippen MR) is 90.2 cm³/mol. The number of carbonyl (C=O) groups is 2. The van der Waals surface area contributed by atoms with Crippen LogP contribution in [0.25, 0.3) is 0 Å². The summed E-state index contributed by atoms with van der Waals surface area (Å²) in [4.78, 5) is 25.6. The maximum atomic E-state index is 12.0. The van der Waals surface area contributed by atoms with Crippen molar-refractivity contribution < 1.29 is 9.59 Å². The van der Waals surface area contributed by atoms with Crippen LogP contribution in [0.15, 0.2) is 18.2 Å². The lowest BCUT2D eigenvalue weighted by molar-refractivity contribution is -0.125. The third kappa shape index (κ3) is 5.20. The normalized spacial score (nSPS) is 12.0. The van der Waals surface area contributed by atoms with Crippen LogP contribution in [0.1, 0.15) is 13.8 Å². The van der Waals surface area contributed by atoms with Crippen molar-refractivity contribution in [3.8, 4) is 0 Å². The third-order valence-electron chi connectivity index (χ3n) is 3.16. The molecule has 7 heteroatoms. The minimum atomic E-state index is -0.628. The number of hydrogen-bond donors (Lipinski definition) is 3. The van der Waals surface area contributed by atoms with Crippen molar-refractivity contribution in [3.63, 3.8) is 0 Å². The first kappa shape index (κ1) is 18.3. The highest BCUT2D eigenvalue weighted by atomic mass is 35.5. The van der Waals surface area contributed by atoms with Gasteiger partial charge in [0.2, 0.25) is 11.8 Å². The summed E-state index contributed by atoms with van der Waals surface area (Å²) in [6, 6.07) is 4.59. The number of amides is 2. The zero-order valence-electron chi connectivity index (χ0n) is 13.3. The molecule has 2 amide bonds. The number of hydrogen-bond acceptors (Lipinski definition) is 4. The summed E-state index contributed by atoms with van der Waals surface area (Å²) in [7, 11) is 3.73. The standard InChI is InChI=1S/C15H23ClN4O2/c1-9(2)14(17)15(22)18-8-13(21)19-11-7-10(16)5-6-12(11)20(3)4/h5-7,9,14H,8,17H2,1-4H3,(H,18,22)(H,19,21)/t14-/m0/s1. The van der Waals surface area contributed by atoms with Gasteiger partial charge < -0.3 is 21.3 Å². The second-order valence-electron chi connectivity index (χ2n) is 5.59. The van der Waals surface area contributed by atoms with Crippen LogP contribution >= 0.6 is 11.6 Å². The van der Waals surface area contributed by atoms with Gasteiger partial charge in [-0.25, -0.2) is 0 Å². The molecule has 0 bridgehead atoms. The quantitative estimate of drug-likeness (QED) is 0.738. The van der Waals surface area contributed by atoms with E-state index in [1.807, 2.05) is 38.9 Å². The van der Waals surface area contributed by atoms with E-state index in [2.05, 4.69) is 10.6 Å². The summed E-state index contributed by atoms with van der Waals surface area (Å²) in [6.07, 6.45) is 0. The van der Waals surface area contributed by atoms with E-state index in [0.717, 1.165) is 5.69 Å². The van der Waals surface area contributed by atoms with E-state index in [9.17, 15) is 9.59 Å². The lowest BCUT2D eigenvalue weighted by Crippen LogP contribution is -2.46. The molecule has 6 nitrogen and oxygen atoms in total. The van der Waals surface area contributed by atoms with Crippen LogP contribution in [0.2, 0.25) is 5.02 Å². The van der Waals surface area contributed by atoms with E-state index < -0.39 is 6.04 Å². The molecule has 0 saturated carbocycles. The fourth-order valence-corrected chi connectivity index (χ4v) is 1.95. The molecule has 4 N–H and O–H groups in total. The molecule has 0 aliphatic rings. The van der Waals surface area contributed by atoms with Gasteiger partial charge in [0.15, 0.2) is 0 Å². The molecule has 1 rings (SSSR count). The molecule has 0 saturated heterocycles. The summed E-state index contributed by atoms with van der Waals surface area (Å²) >= 11 is 5.95. The number of benzene rings is 1. The van der Waals surface area contributed by atoms with E-state index in [0.29, 0.717) is 10.7 Å². The number of rotatable bonds is 6. The van der Waals surface area contributed by atoms with Crippen molar-refractivity contribution in [2.45, 2.75) is 19.9 Å². The molecule has 0 aliphatic carbocycles. The summed E-state index contributed by atoms with van der Waals surface area (Å²) in [5, 5.41) is 5.78. The van der Waals surface area contributed by atoms with Crippen LogP contribution in [-0.4, -0.2) is 38.5 Å². The first-order valence-corrected chi connectivity index (χ1v) is 7.40. The number of anilines is 2. The third-order valence-corrected chi connectivity index (χ3v) is 3.39. The molecular formula is C15H23ClN4O2. The Labute approximate surface area is 136 Å². The highest BCUT2D eigenvalue weighted by Gasteiger charge is 2.18. The number of halogens is 1. The van der Waals surface area contributed by atoms with Crippen molar-refractivity contribution in [3.05, 3.63) is 23.2 Å². The molecule has 0 spiro atoms. The fourth-order valence-electron chi connectivity index (χ4n) is 1.78. The Bertz CT molecular complexity index is 546. The largest absolute Gasteiger partial charge is 0.376 e. The molecule has 0 radical (unpaired) electrons. The van der Waals surface area contributed by atoms with Gasteiger partial charge in [0.05, 0.1) is 24.0 Å². The Morgan fingerprint density at radius 3 is 2.50 bits per heavy atom. The highest BCUT2D eigenvalue weighted by Crippen LogP contribution is 2.27. The van der Waals surface area contributed by atoms with Gasteiger partial charge in [0.1, 0.15) is 0 Å². The minimum Gasteiger partial charge on any atom is -0.376 e. The average molecular weight is 327 g/mol. The van der Waals surface area contributed by atoms with Crippen LogP contribution in [0.5, 0.6) is 0 Å². The maximum Gasteiger partial charge on any atom is 0.243 e. The van der Waals surface area contributed by atoms with Crippen molar-refractivity contribution in [1.82, 2.24) is 5.32 Å². The monoisotopic (exact) mass is 326 g/mol. The molecule has 0 fully saturated rings. The highest BCUT2D eigenvalue weighted by molar-refractivity contribution is 6.31. The van der Waals surface area contributed by atoms with Gasteiger partial charge in [-0.15, -0.1) is 0 Å². The van der Waals surface area contributed by atoms with Gasteiger partial charge in [0, 0.05) is 19.1 Å². The Morgan fingerprint density at radius 2 is 1.95 bits per heavy atom. The van der Waals surface area contributed by atoms with E-state index in [1.54, 1.807) is 12.1 Å². The summed E-state index contributed by atoms with van der Waals surface area (Å²) < 4.78 is 0. The van der Waals surface area contributed by atoms with Gasteiger partial charge in [-0.1, -0.05) is 25.4 Å². The Kier molecular flexibility index (Phi) is 6.64. The molecule has 1 aromatic rings. The maximum absolute atomic E-state index is 12.0. The molecule has 0 heterocycles. The fraction of sp³-hybridized carbons (Fsp3) is 0.467. The zero-order valence-corrected chi connectivity index (χ0v) is 14.1. The lowest BCUT2D eigenvalue weighted by atomic mass is 10.1. The first-order valence-electron chi connectivity index (χ1n) is 7.02. The molecule has 22 heavy (non-hydrogen) atoms. The second kappa shape index (κ2) is 8.00. The molecule has 1 aromatic carbocycles. The average Bonchev–Trinajstić information content (AvgIpc) is 2.43. The Morgan fingerprint density at radius 1 is 1.32 bits per heavy atom. The smallest absolute Gasteiger partial charge is 0.243 e. The molecule has 0 aliphatic heterocycles. The van der Waals surface area contributed by atoms with Crippen molar-refractivity contribution >= 4 is 34.8 Å². The molecule has 0 unspecified atom stereocenters. The van der Waals surface area contributed by atoms with Crippen LogP contribution in [0.3, 0.4) is 0 Å². The van der Waals surface area contributed by atoms with Crippen LogP contribution < -0.4 is 21.3 Å². The SMILES string of the molecule is CC(C)[C@H](N)C(=O)NCC(=O)Nc1cc(Cl)ccc1N(C)C. The van der Waals surface area contributed by atoms with Crippen molar-refractivity contribution in [2.75, 3.05) is 30.9 Å². The molecule has 122 valence electrons. The van der Waals surface area contributed by atoms with Crippen LogP contribution in [0.4, 0.5) is 11.4 Å². The zero-order chi connectivity index (χ0) is 16.9. The van der Waals surface area contributed by atoms with E-state index in [-0.39, 0.29) is 24.3 Å². The first-order chi connectivity index (χ1) is 10.2. The van der Waals surface area contributed by atoms with Crippen LogP contribution in [0, 0.1) is 5.92 Å². The van der Waals surface area contributed by atoms with Gasteiger partial charge in [-0.05, 0) is 24.1 Å². The van der Waals surface area contributed by atoms with E-state index in [1.165, 1.54) is 0 Å². The van der Waals surface area contributed by atoms with Gasteiger partial charge in [-0.2, -0.15) is 0 Å². The molecule has 1 atom stereocenters. The topological polar surface area (TPSA) is 87.5 Å². The summed E-state index contributed by atoms with van der Waals surface area (Å²) in [6.45, 7) is 3.55. The Balaban J connectivity index is 2.66. The number of nitrogens with one attached hydrogen (secondary N) is 2. The summed E-state index contributed by atoms with van der Waals surface area (Å²) in [5.74, 6) is -0.671. The van der Waals surface area contributed by atoms with Gasteiger partial charge in [0.25, 0.3) is 0 Å². The lowest BCUT2D eigenvalue weighted by Gasteiger charge is -2.19. The van der Waals surface area contributed by atoms with E-state index >= 15 is 0 Å². The van der Waals surface area contributed by atoms with E-state index in [4.69, 9.17) is 17.3 Å². The van der Waals surface area contributed by atoms with Gasteiger partial charge >= 0.3 is 0 Å². The Hall–Kier alpha value is -1.79. The van der Waals surface area contributed by atoms with Crippen LogP contribution in [-0.2, 0) is 9.59 Å².